The molecule has 6 nitrogen and oxygen atoms in total. The fraction of sp³-hybridized carbons (Fsp3) is 0.0455. The molecule has 0 bridgehead atoms. The Kier molecular flexibility index (Phi) is 5.08. The zero-order chi connectivity index (χ0) is 20.3. The van der Waals surface area contributed by atoms with Crippen LogP contribution in [-0.2, 0) is 5.75 Å². The van der Waals surface area contributed by atoms with E-state index in [1.54, 1.807) is 0 Å². The predicted molar refractivity (Wildman–Crippen MR) is 121 cm³/mol. The summed E-state index contributed by atoms with van der Waals surface area (Å²) in [5, 5.41) is 11.2. The van der Waals surface area contributed by atoms with E-state index >= 15 is 0 Å². The average Bonchev–Trinajstić information content (AvgIpc) is 3.28. The Balaban J connectivity index is 1.49. The molecule has 0 unspecified atom stereocenters. The summed E-state index contributed by atoms with van der Waals surface area (Å²) in [6.45, 7) is 0. The van der Waals surface area contributed by atoms with Crippen molar-refractivity contribution in [3.63, 3.8) is 0 Å². The molecule has 8 heteroatoms. The highest BCUT2D eigenvalue weighted by molar-refractivity contribution is 7.98. The highest BCUT2D eigenvalue weighted by atomic mass is 32.2. The Morgan fingerprint density at radius 3 is 2.27 bits per heavy atom. The van der Waals surface area contributed by atoms with Gasteiger partial charge in [-0.25, -0.2) is 9.97 Å². The number of fused-ring (bicyclic) bond motifs is 1. The number of benzene rings is 2. The van der Waals surface area contributed by atoms with Crippen LogP contribution in [0.4, 0.5) is 0 Å². The van der Waals surface area contributed by atoms with Gasteiger partial charge in [0.15, 0.2) is 0 Å². The molecule has 146 valence electrons. The smallest absolute Gasteiger partial charge is 0.268 e. The van der Waals surface area contributed by atoms with E-state index in [-0.39, 0.29) is 5.56 Å². The van der Waals surface area contributed by atoms with Crippen LogP contribution in [0.1, 0.15) is 5.82 Å². The lowest BCUT2D eigenvalue weighted by atomic mass is 10.0. The maximum absolute atomic E-state index is 12.2. The van der Waals surface area contributed by atoms with Gasteiger partial charge < -0.3 is 4.98 Å². The van der Waals surface area contributed by atoms with E-state index in [2.05, 4.69) is 20.2 Å². The minimum atomic E-state index is -0.117. The largest absolute Gasteiger partial charge is 0.309 e. The molecule has 0 atom stereocenters. The number of nitrogens with zero attached hydrogens (tertiary/aromatic N) is 4. The molecule has 0 saturated carbocycles. The van der Waals surface area contributed by atoms with Gasteiger partial charge in [0.1, 0.15) is 21.9 Å². The Labute approximate surface area is 180 Å². The molecule has 0 aliphatic carbocycles. The zero-order valence-corrected chi connectivity index (χ0v) is 17.3. The van der Waals surface area contributed by atoms with Crippen LogP contribution in [0.25, 0.3) is 32.7 Å². The van der Waals surface area contributed by atoms with Crippen LogP contribution in [0.15, 0.2) is 82.1 Å². The molecule has 1 N–H and O–H groups in total. The number of nitrogens with one attached hydrogen (secondary N) is 1. The molecule has 0 fully saturated rings. The number of H-pyrrole nitrogens is 1. The van der Waals surface area contributed by atoms with Gasteiger partial charge in [-0.1, -0.05) is 72.4 Å². The van der Waals surface area contributed by atoms with Crippen molar-refractivity contribution in [2.24, 2.45) is 0 Å². The summed E-state index contributed by atoms with van der Waals surface area (Å²) in [6, 6.07) is 21.7. The van der Waals surface area contributed by atoms with Crippen LogP contribution < -0.4 is 5.56 Å². The highest BCUT2D eigenvalue weighted by Gasteiger charge is 2.14. The third kappa shape index (κ3) is 3.74. The molecule has 0 radical (unpaired) electrons. The second-order valence-electron chi connectivity index (χ2n) is 6.46. The van der Waals surface area contributed by atoms with Gasteiger partial charge in [0.05, 0.1) is 11.3 Å². The van der Waals surface area contributed by atoms with E-state index in [4.69, 9.17) is 4.98 Å². The molecule has 5 aromatic rings. The standard InChI is InChI=1S/C22H15N5OS2/c28-21-20-16(11-12-29-20)23-17(24-21)13-30-22-25-18(14-7-3-1-4-8-14)19(26-27-22)15-9-5-2-6-10-15/h1-12H,13H2,(H,23,24,28). The Morgan fingerprint density at radius 2 is 1.53 bits per heavy atom. The SMILES string of the molecule is O=c1[nH]c(CSc2nnc(-c3ccccc3)c(-c3ccccc3)n2)nc2ccsc12. The highest BCUT2D eigenvalue weighted by Crippen LogP contribution is 2.30. The summed E-state index contributed by atoms with van der Waals surface area (Å²) < 4.78 is 0.639. The van der Waals surface area contributed by atoms with Crippen molar-refractivity contribution < 1.29 is 0 Å². The fourth-order valence-corrected chi connectivity index (χ4v) is 4.47. The van der Waals surface area contributed by atoms with Gasteiger partial charge in [-0.3, -0.25) is 4.79 Å². The molecular weight excluding hydrogens is 414 g/mol. The molecule has 30 heavy (non-hydrogen) atoms. The maximum Gasteiger partial charge on any atom is 0.268 e. The van der Waals surface area contributed by atoms with Gasteiger partial charge in [-0.15, -0.1) is 21.5 Å². The Morgan fingerprint density at radius 1 is 0.833 bits per heavy atom. The molecule has 3 heterocycles. The van der Waals surface area contributed by atoms with Crippen molar-refractivity contribution in [3.8, 4) is 22.5 Å². The molecule has 0 aliphatic rings. The molecule has 0 amide bonds. The van der Waals surface area contributed by atoms with Gasteiger partial charge in [0.25, 0.3) is 5.56 Å². The summed E-state index contributed by atoms with van der Waals surface area (Å²) >= 11 is 2.78. The lowest BCUT2D eigenvalue weighted by Crippen LogP contribution is -2.09. The lowest BCUT2D eigenvalue weighted by Gasteiger charge is -2.09. The first kappa shape index (κ1) is 18.7. The van der Waals surface area contributed by atoms with Crippen molar-refractivity contribution in [2.75, 3.05) is 0 Å². The molecule has 5 rings (SSSR count). The Hall–Kier alpha value is -3.36. The van der Waals surface area contributed by atoms with Gasteiger partial charge in [-0.05, 0) is 11.4 Å². The number of thiophene rings is 1. The monoisotopic (exact) mass is 429 g/mol. The minimum Gasteiger partial charge on any atom is -0.309 e. The topological polar surface area (TPSA) is 84.4 Å². The van der Waals surface area contributed by atoms with Gasteiger partial charge in [-0.2, -0.15) is 0 Å². The minimum absolute atomic E-state index is 0.117. The van der Waals surface area contributed by atoms with Crippen LogP contribution in [0, 0.1) is 0 Å². The van der Waals surface area contributed by atoms with Gasteiger partial charge in [0, 0.05) is 11.1 Å². The summed E-state index contributed by atoms with van der Waals surface area (Å²) in [4.78, 5) is 24.3. The number of hydrogen-bond donors (Lipinski definition) is 1. The van der Waals surface area contributed by atoms with Crippen LogP contribution in [-0.4, -0.2) is 25.1 Å². The van der Waals surface area contributed by atoms with Crippen molar-refractivity contribution in [2.45, 2.75) is 10.9 Å². The molecule has 2 aromatic carbocycles. The first-order chi connectivity index (χ1) is 14.8. The van der Waals surface area contributed by atoms with E-state index in [9.17, 15) is 4.79 Å². The third-order valence-corrected chi connectivity index (χ3v) is 6.21. The first-order valence-electron chi connectivity index (χ1n) is 9.23. The molecular formula is C22H15N5OS2. The summed E-state index contributed by atoms with van der Waals surface area (Å²) in [5.41, 5.74) is 4.03. The number of thioether (sulfide) groups is 1. The van der Waals surface area contributed by atoms with E-state index < -0.39 is 0 Å². The Bertz CT molecular complexity index is 1370. The summed E-state index contributed by atoms with van der Waals surface area (Å²) in [6.07, 6.45) is 0. The average molecular weight is 430 g/mol. The normalized spacial score (nSPS) is 11.1. The van der Waals surface area contributed by atoms with Crippen LogP contribution in [0.5, 0.6) is 0 Å². The quantitative estimate of drug-likeness (QED) is 0.404. The van der Waals surface area contributed by atoms with Gasteiger partial charge >= 0.3 is 0 Å². The zero-order valence-electron chi connectivity index (χ0n) is 15.6. The molecule has 0 aliphatic heterocycles. The number of aromatic nitrogens is 5. The molecule has 0 spiro atoms. The number of hydrogen-bond acceptors (Lipinski definition) is 7. The third-order valence-electron chi connectivity index (χ3n) is 4.46. The van der Waals surface area contributed by atoms with E-state index in [0.717, 1.165) is 22.5 Å². The number of rotatable bonds is 5. The lowest BCUT2D eigenvalue weighted by molar-refractivity contribution is 0.848. The fourth-order valence-electron chi connectivity index (χ4n) is 3.08. The summed E-state index contributed by atoms with van der Waals surface area (Å²) in [5.74, 6) is 1.04. The van der Waals surface area contributed by atoms with Crippen molar-refractivity contribution in [1.82, 2.24) is 25.1 Å². The van der Waals surface area contributed by atoms with Crippen LogP contribution >= 0.6 is 23.1 Å². The first-order valence-corrected chi connectivity index (χ1v) is 11.1. The van der Waals surface area contributed by atoms with Crippen molar-refractivity contribution in [3.05, 3.63) is 88.3 Å². The molecule has 0 saturated heterocycles. The van der Waals surface area contributed by atoms with Crippen LogP contribution in [0.2, 0.25) is 0 Å². The second kappa shape index (κ2) is 8.17. The van der Waals surface area contributed by atoms with Crippen molar-refractivity contribution >= 4 is 33.3 Å². The van der Waals surface area contributed by atoms with E-state index in [0.29, 0.717) is 27.0 Å². The number of aromatic amines is 1. The molecule has 3 aromatic heterocycles. The maximum atomic E-state index is 12.2. The van der Waals surface area contributed by atoms with E-state index in [1.165, 1.54) is 23.1 Å². The van der Waals surface area contributed by atoms with Gasteiger partial charge in [0.2, 0.25) is 5.16 Å². The summed E-state index contributed by atoms with van der Waals surface area (Å²) in [7, 11) is 0. The predicted octanol–water partition coefficient (Wildman–Crippen LogP) is 4.80. The van der Waals surface area contributed by atoms with Crippen LogP contribution in [0.3, 0.4) is 0 Å². The second-order valence-corrected chi connectivity index (χ2v) is 8.32. The van der Waals surface area contributed by atoms with Crippen molar-refractivity contribution in [1.29, 1.82) is 0 Å². The van der Waals surface area contributed by atoms with E-state index in [1.807, 2.05) is 72.1 Å².